The molecule has 3 rings (SSSR count). The lowest BCUT2D eigenvalue weighted by molar-refractivity contribution is -0.0407. The number of hydrogen-bond donors (Lipinski definition) is 1. The number of ether oxygens (including phenoxy) is 2. The molecule has 1 aliphatic heterocycles. The lowest BCUT2D eigenvalue weighted by Crippen LogP contribution is -2.29. The first kappa shape index (κ1) is 13.3. The molecule has 0 unspecified atom stereocenters. The van der Waals surface area contributed by atoms with Crippen LogP contribution in [0.4, 0.5) is 0 Å². The van der Waals surface area contributed by atoms with Crippen molar-refractivity contribution in [2.45, 2.75) is 19.3 Å². The van der Waals surface area contributed by atoms with Gasteiger partial charge >= 0.3 is 0 Å². The Kier molecular flexibility index (Phi) is 4.11. The van der Waals surface area contributed by atoms with E-state index >= 15 is 0 Å². The Morgan fingerprint density at radius 1 is 1.25 bits per heavy atom. The molecule has 0 saturated carbocycles. The zero-order valence-electron chi connectivity index (χ0n) is 11.4. The highest BCUT2D eigenvalue weighted by Gasteiger charge is 2.19. The second-order valence-corrected chi connectivity index (χ2v) is 4.73. The Hall–Kier alpha value is -1.69. The molecule has 0 bridgehead atoms. The fraction of sp³-hybridized carbons (Fsp3) is 0.400. The maximum atomic E-state index is 5.79. The Labute approximate surface area is 117 Å². The van der Waals surface area contributed by atoms with Gasteiger partial charge in [0, 0.05) is 12.1 Å². The van der Waals surface area contributed by atoms with Gasteiger partial charge in [0.2, 0.25) is 5.89 Å². The van der Waals surface area contributed by atoms with E-state index in [1.165, 1.54) is 0 Å². The molecule has 0 spiro atoms. The summed E-state index contributed by atoms with van der Waals surface area (Å²) >= 11 is 0. The van der Waals surface area contributed by atoms with E-state index in [2.05, 4.69) is 10.3 Å². The zero-order valence-corrected chi connectivity index (χ0v) is 11.4. The maximum Gasteiger partial charge on any atom is 0.211 e. The number of hydrogen-bond acceptors (Lipinski definition) is 5. The van der Waals surface area contributed by atoms with E-state index in [1.54, 1.807) is 6.20 Å². The van der Waals surface area contributed by atoms with Gasteiger partial charge < -0.3 is 19.2 Å². The third-order valence-electron chi connectivity index (χ3n) is 3.23. The van der Waals surface area contributed by atoms with E-state index in [9.17, 15) is 0 Å². The third-order valence-corrected chi connectivity index (χ3v) is 3.23. The van der Waals surface area contributed by atoms with Crippen molar-refractivity contribution in [1.82, 2.24) is 10.3 Å². The predicted octanol–water partition coefficient (Wildman–Crippen LogP) is 2.37. The van der Waals surface area contributed by atoms with Crippen LogP contribution in [0, 0.1) is 0 Å². The summed E-state index contributed by atoms with van der Waals surface area (Å²) in [4.78, 5) is 4.33. The number of aromatic nitrogens is 1. The van der Waals surface area contributed by atoms with Crippen LogP contribution in [0.1, 0.15) is 18.9 Å². The van der Waals surface area contributed by atoms with Gasteiger partial charge in [-0.1, -0.05) is 30.3 Å². The van der Waals surface area contributed by atoms with Crippen molar-refractivity contribution in [3.63, 3.8) is 0 Å². The van der Waals surface area contributed by atoms with E-state index < -0.39 is 0 Å². The molecule has 0 radical (unpaired) electrons. The van der Waals surface area contributed by atoms with Crippen LogP contribution in [-0.4, -0.2) is 31.0 Å². The van der Waals surface area contributed by atoms with Crippen LogP contribution in [0.3, 0.4) is 0 Å². The highest BCUT2D eigenvalue weighted by atomic mass is 16.7. The molecular weight excluding hydrogens is 256 g/mol. The van der Waals surface area contributed by atoms with Gasteiger partial charge in [-0.05, 0) is 6.92 Å². The van der Waals surface area contributed by atoms with Crippen LogP contribution in [-0.2, 0) is 9.47 Å². The molecule has 1 saturated heterocycles. The van der Waals surface area contributed by atoms with Crippen molar-refractivity contribution in [2.75, 3.05) is 19.8 Å². The molecule has 1 aromatic carbocycles. The van der Waals surface area contributed by atoms with Crippen LogP contribution in [0.2, 0.25) is 0 Å². The molecular formula is C15H18N2O3. The quantitative estimate of drug-likeness (QED) is 0.907. The van der Waals surface area contributed by atoms with E-state index in [0.717, 1.165) is 11.3 Å². The van der Waals surface area contributed by atoms with Gasteiger partial charge in [-0.2, -0.15) is 0 Å². The second-order valence-electron chi connectivity index (χ2n) is 4.73. The minimum absolute atomic E-state index is 0.0141. The van der Waals surface area contributed by atoms with Crippen LogP contribution < -0.4 is 5.32 Å². The Morgan fingerprint density at radius 2 is 2.00 bits per heavy atom. The molecule has 5 nitrogen and oxygen atoms in total. The second kappa shape index (κ2) is 6.17. The van der Waals surface area contributed by atoms with Gasteiger partial charge in [0.15, 0.2) is 12.1 Å². The summed E-state index contributed by atoms with van der Waals surface area (Å²) in [5.74, 6) is 1.45. The first-order valence-corrected chi connectivity index (χ1v) is 6.80. The van der Waals surface area contributed by atoms with Crippen molar-refractivity contribution in [1.29, 1.82) is 0 Å². The zero-order chi connectivity index (χ0) is 13.8. The van der Waals surface area contributed by atoms with Crippen molar-refractivity contribution in [3.8, 4) is 11.3 Å². The van der Waals surface area contributed by atoms with Crippen molar-refractivity contribution >= 4 is 0 Å². The highest BCUT2D eigenvalue weighted by Crippen LogP contribution is 2.22. The van der Waals surface area contributed by atoms with Gasteiger partial charge in [0.1, 0.15) is 0 Å². The molecule has 20 heavy (non-hydrogen) atoms. The average molecular weight is 274 g/mol. The Morgan fingerprint density at radius 3 is 2.75 bits per heavy atom. The van der Waals surface area contributed by atoms with Crippen LogP contribution >= 0.6 is 0 Å². The largest absolute Gasteiger partial charge is 0.439 e. The lowest BCUT2D eigenvalue weighted by atomic mass is 10.2. The monoisotopic (exact) mass is 274 g/mol. The molecule has 0 amide bonds. The molecule has 1 atom stereocenters. The fourth-order valence-corrected chi connectivity index (χ4v) is 2.11. The maximum absolute atomic E-state index is 5.79. The predicted molar refractivity (Wildman–Crippen MR) is 74.0 cm³/mol. The normalized spacial score (nSPS) is 17.4. The van der Waals surface area contributed by atoms with Crippen molar-refractivity contribution in [2.24, 2.45) is 0 Å². The smallest absolute Gasteiger partial charge is 0.211 e. The summed E-state index contributed by atoms with van der Waals surface area (Å²) in [6, 6.07) is 9.96. The van der Waals surface area contributed by atoms with E-state index in [4.69, 9.17) is 13.9 Å². The summed E-state index contributed by atoms with van der Waals surface area (Å²) in [6.07, 6.45) is 1.59. The molecule has 2 aromatic rings. The van der Waals surface area contributed by atoms with Gasteiger partial charge in [-0.3, -0.25) is 0 Å². The minimum atomic E-state index is -0.166. The molecule has 5 heteroatoms. The topological polar surface area (TPSA) is 56.5 Å². The number of benzene rings is 1. The molecule has 0 aliphatic carbocycles. The van der Waals surface area contributed by atoms with E-state index in [0.29, 0.717) is 25.6 Å². The van der Waals surface area contributed by atoms with Gasteiger partial charge in [-0.15, -0.1) is 0 Å². The fourth-order valence-electron chi connectivity index (χ4n) is 2.11. The number of nitrogens with zero attached hydrogens (tertiary/aromatic N) is 1. The van der Waals surface area contributed by atoms with Gasteiger partial charge in [0.05, 0.1) is 25.5 Å². The number of nitrogens with one attached hydrogen (secondary N) is 1. The van der Waals surface area contributed by atoms with E-state index in [-0.39, 0.29) is 12.3 Å². The summed E-state index contributed by atoms with van der Waals surface area (Å²) in [5.41, 5.74) is 1.03. The summed E-state index contributed by atoms with van der Waals surface area (Å²) in [5, 5.41) is 3.30. The van der Waals surface area contributed by atoms with E-state index in [1.807, 2.05) is 37.3 Å². The van der Waals surface area contributed by atoms with Crippen LogP contribution in [0.15, 0.2) is 40.9 Å². The first-order chi connectivity index (χ1) is 9.83. The molecule has 1 aliphatic rings. The Balaban J connectivity index is 1.61. The van der Waals surface area contributed by atoms with Crippen LogP contribution in [0.5, 0.6) is 0 Å². The lowest BCUT2D eigenvalue weighted by Gasteiger charge is -2.13. The first-order valence-electron chi connectivity index (χ1n) is 6.80. The third kappa shape index (κ3) is 3.07. The van der Waals surface area contributed by atoms with Crippen molar-refractivity contribution < 1.29 is 13.9 Å². The Bertz CT molecular complexity index is 535. The summed E-state index contributed by atoms with van der Waals surface area (Å²) < 4.78 is 16.5. The average Bonchev–Trinajstić information content (AvgIpc) is 3.17. The standard InChI is InChI=1S/C15H18N2O3/c1-11(16-10-14-18-7-8-19-14)15-17-9-13(20-15)12-5-3-2-4-6-12/h2-6,9,11,14,16H,7-8,10H2,1H3/t11-/m0/s1. The molecule has 106 valence electrons. The van der Waals surface area contributed by atoms with Gasteiger partial charge in [-0.25, -0.2) is 4.98 Å². The van der Waals surface area contributed by atoms with Gasteiger partial charge in [0.25, 0.3) is 0 Å². The highest BCUT2D eigenvalue weighted by molar-refractivity contribution is 5.55. The molecule has 2 heterocycles. The number of oxazole rings is 1. The number of rotatable bonds is 5. The molecule has 1 fully saturated rings. The molecule has 1 N–H and O–H groups in total. The summed E-state index contributed by atoms with van der Waals surface area (Å²) in [6.45, 7) is 3.97. The van der Waals surface area contributed by atoms with Crippen molar-refractivity contribution in [3.05, 3.63) is 42.4 Å². The SMILES string of the molecule is C[C@H](NCC1OCCO1)c1ncc(-c2ccccc2)o1. The molecule has 1 aromatic heterocycles. The minimum Gasteiger partial charge on any atom is -0.439 e. The van der Waals surface area contributed by atoms with Crippen LogP contribution in [0.25, 0.3) is 11.3 Å². The summed E-state index contributed by atoms with van der Waals surface area (Å²) in [7, 11) is 0.